The molecule has 0 saturated carbocycles. The Labute approximate surface area is 131 Å². The summed E-state index contributed by atoms with van der Waals surface area (Å²) in [5.41, 5.74) is 1.46. The molecule has 120 valence electrons. The van der Waals surface area contributed by atoms with Crippen molar-refractivity contribution in [3.63, 3.8) is 0 Å². The predicted octanol–water partition coefficient (Wildman–Crippen LogP) is 3.15. The Morgan fingerprint density at radius 1 is 1.09 bits per heavy atom. The molecule has 2 N–H and O–H groups in total. The third kappa shape index (κ3) is 2.90. The van der Waals surface area contributed by atoms with Gasteiger partial charge in [0, 0.05) is 11.3 Å². The summed E-state index contributed by atoms with van der Waals surface area (Å²) in [5, 5.41) is 5.82. The van der Waals surface area contributed by atoms with Crippen LogP contribution in [0.1, 0.15) is 22.1 Å². The molecule has 0 fully saturated rings. The first-order chi connectivity index (χ1) is 11.1. The standard InChI is InChI=1S/C16H14F2N2O3/c1-22-12-8-4-6-10(13(12)23-16(17)18)14-19-11-7-3-2-5-9(11)15(21)20-14/h2-8,14,16,19H,1H3,(H,20,21)/t14-/m1/s1. The van der Waals surface area contributed by atoms with E-state index in [9.17, 15) is 13.6 Å². The van der Waals surface area contributed by atoms with Gasteiger partial charge in [-0.15, -0.1) is 0 Å². The Hall–Kier alpha value is -2.83. The van der Waals surface area contributed by atoms with Crippen molar-refractivity contribution in [2.24, 2.45) is 0 Å². The van der Waals surface area contributed by atoms with Crippen LogP contribution in [0.3, 0.4) is 0 Å². The van der Waals surface area contributed by atoms with Crippen LogP contribution in [0.4, 0.5) is 14.5 Å². The lowest BCUT2D eigenvalue weighted by molar-refractivity contribution is -0.0520. The van der Waals surface area contributed by atoms with Gasteiger partial charge in [0.25, 0.3) is 5.91 Å². The van der Waals surface area contributed by atoms with Crippen LogP contribution >= 0.6 is 0 Å². The molecule has 1 amide bonds. The molecule has 2 aromatic rings. The van der Waals surface area contributed by atoms with Crippen LogP contribution in [0.5, 0.6) is 11.5 Å². The van der Waals surface area contributed by atoms with Gasteiger partial charge in [-0.05, 0) is 18.2 Å². The van der Waals surface area contributed by atoms with Crippen LogP contribution in [0, 0.1) is 0 Å². The summed E-state index contributed by atoms with van der Waals surface area (Å²) in [6.07, 6.45) is -0.707. The summed E-state index contributed by atoms with van der Waals surface area (Å²) in [5.74, 6) is -0.241. The lowest BCUT2D eigenvalue weighted by Crippen LogP contribution is -2.38. The summed E-state index contributed by atoms with van der Waals surface area (Å²) in [7, 11) is 1.36. The number of ether oxygens (including phenoxy) is 2. The van der Waals surface area contributed by atoms with Crippen LogP contribution in [0.25, 0.3) is 0 Å². The molecule has 0 spiro atoms. The number of halogens is 2. The van der Waals surface area contributed by atoms with E-state index in [4.69, 9.17) is 4.74 Å². The van der Waals surface area contributed by atoms with Crippen molar-refractivity contribution in [3.8, 4) is 11.5 Å². The minimum Gasteiger partial charge on any atom is -0.493 e. The van der Waals surface area contributed by atoms with E-state index in [0.717, 1.165) is 0 Å². The second kappa shape index (κ2) is 6.12. The molecule has 0 bridgehead atoms. The van der Waals surface area contributed by atoms with Crippen molar-refractivity contribution in [2.45, 2.75) is 12.8 Å². The highest BCUT2D eigenvalue weighted by Gasteiger charge is 2.28. The molecular formula is C16H14F2N2O3. The van der Waals surface area contributed by atoms with E-state index >= 15 is 0 Å². The Morgan fingerprint density at radius 3 is 2.61 bits per heavy atom. The molecule has 3 rings (SSSR count). The quantitative estimate of drug-likeness (QED) is 0.908. The number of alkyl halides is 2. The maximum Gasteiger partial charge on any atom is 0.387 e. The molecule has 0 saturated heterocycles. The van der Waals surface area contributed by atoms with Crippen molar-refractivity contribution in [1.82, 2.24) is 5.32 Å². The molecule has 0 radical (unpaired) electrons. The van der Waals surface area contributed by atoms with Crippen molar-refractivity contribution >= 4 is 11.6 Å². The van der Waals surface area contributed by atoms with Crippen molar-refractivity contribution in [1.29, 1.82) is 0 Å². The van der Waals surface area contributed by atoms with E-state index < -0.39 is 12.8 Å². The highest BCUT2D eigenvalue weighted by Crippen LogP contribution is 2.38. The van der Waals surface area contributed by atoms with E-state index in [1.54, 1.807) is 36.4 Å². The summed E-state index contributed by atoms with van der Waals surface area (Å²) in [6, 6.07) is 11.7. The van der Waals surface area contributed by atoms with Crippen LogP contribution in [0.2, 0.25) is 0 Å². The number of rotatable bonds is 4. The highest BCUT2D eigenvalue weighted by molar-refractivity contribution is 6.01. The summed E-state index contributed by atoms with van der Waals surface area (Å²) in [6.45, 7) is -3.00. The van der Waals surface area contributed by atoms with Gasteiger partial charge in [0.15, 0.2) is 11.5 Å². The highest BCUT2D eigenvalue weighted by atomic mass is 19.3. The number of para-hydroxylation sites is 2. The van der Waals surface area contributed by atoms with E-state index in [1.807, 2.05) is 0 Å². The number of carbonyl (C=O) groups excluding carboxylic acids is 1. The molecule has 1 aliphatic heterocycles. The monoisotopic (exact) mass is 320 g/mol. The number of carbonyl (C=O) groups is 1. The zero-order chi connectivity index (χ0) is 16.4. The zero-order valence-electron chi connectivity index (χ0n) is 12.2. The fourth-order valence-corrected chi connectivity index (χ4v) is 2.50. The van der Waals surface area contributed by atoms with Gasteiger partial charge < -0.3 is 20.1 Å². The first-order valence-corrected chi connectivity index (χ1v) is 6.88. The maximum atomic E-state index is 12.7. The number of anilines is 1. The molecule has 0 unspecified atom stereocenters. The molecule has 0 aliphatic carbocycles. The molecule has 0 aromatic heterocycles. The van der Waals surface area contributed by atoms with Crippen molar-refractivity contribution in [2.75, 3.05) is 12.4 Å². The molecule has 1 aliphatic rings. The van der Waals surface area contributed by atoms with Gasteiger partial charge in [0.05, 0.1) is 12.7 Å². The molecule has 5 nitrogen and oxygen atoms in total. The van der Waals surface area contributed by atoms with E-state index in [2.05, 4.69) is 15.4 Å². The third-order valence-electron chi connectivity index (χ3n) is 3.49. The van der Waals surface area contributed by atoms with E-state index in [0.29, 0.717) is 16.8 Å². The first-order valence-electron chi connectivity index (χ1n) is 6.88. The minimum absolute atomic E-state index is 0.109. The molecule has 1 atom stereocenters. The Balaban J connectivity index is 2.01. The van der Waals surface area contributed by atoms with E-state index in [-0.39, 0.29) is 17.4 Å². The minimum atomic E-state index is -3.00. The number of amides is 1. The Morgan fingerprint density at radius 2 is 1.87 bits per heavy atom. The lowest BCUT2D eigenvalue weighted by atomic mass is 10.0. The smallest absolute Gasteiger partial charge is 0.387 e. The van der Waals surface area contributed by atoms with Gasteiger partial charge in [-0.3, -0.25) is 4.79 Å². The van der Waals surface area contributed by atoms with Gasteiger partial charge in [0.1, 0.15) is 6.17 Å². The number of hydrogen-bond donors (Lipinski definition) is 2. The number of nitrogens with one attached hydrogen (secondary N) is 2. The second-order valence-electron chi connectivity index (χ2n) is 4.85. The molecule has 2 aromatic carbocycles. The molecule has 1 heterocycles. The zero-order valence-corrected chi connectivity index (χ0v) is 12.2. The van der Waals surface area contributed by atoms with Crippen LogP contribution in [-0.4, -0.2) is 19.6 Å². The third-order valence-corrected chi connectivity index (χ3v) is 3.49. The average molecular weight is 320 g/mol. The first kappa shape index (κ1) is 15.1. The lowest BCUT2D eigenvalue weighted by Gasteiger charge is -2.29. The number of methoxy groups -OCH3 is 1. The Bertz CT molecular complexity index is 737. The van der Waals surface area contributed by atoms with Crippen LogP contribution in [-0.2, 0) is 0 Å². The van der Waals surface area contributed by atoms with Gasteiger partial charge in [-0.1, -0.05) is 24.3 Å². The number of fused-ring (bicyclic) bond motifs is 1. The number of hydrogen-bond acceptors (Lipinski definition) is 4. The topological polar surface area (TPSA) is 59.6 Å². The maximum absolute atomic E-state index is 12.7. The van der Waals surface area contributed by atoms with Gasteiger partial charge >= 0.3 is 6.61 Å². The fraction of sp³-hybridized carbons (Fsp3) is 0.188. The van der Waals surface area contributed by atoms with Crippen LogP contribution < -0.4 is 20.1 Å². The average Bonchev–Trinajstić information content (AvgIpc) is 2.54. The fourth-order valence-electron chi connectivity index (χ4n) is 2.50. The van der Waals surface area contributed by atoms with Crippen molar-refractivity contribution < 1.29 is 23.0 Å². The number of benzene rings is 2. The van der Waals surface area contributed by atoms with Crippen LogP contribution in [0.15, 0.2) is 42.5 Å². The molecular weight excluding hydrogens is 306 g/mol. The van der Waals surface area contributed by atoms with Gasteiger partial charge in [-0.25, -0.2) is 0 Å². The van der Waals surface area contributed by atoms with Gasteiger partial charge in [-0.2, -0.15) is 8.78 Å². The second-order valence-corrected chi connectivity index (χ2v) is 4.85. The summed E-state index contributed by atoms with van der Waals surface area (Å²) >= 11 is 0. The predicted molar refractivity (Wildman–Crippen MR) is 79.9 cm³/mol. The van der Waals surface area contributed by atoms with Gasteiger partial charge in [0.2, 0.25) is 0 Å². The normalized spacial score (nSPS) is 16.3. The van der Waals surface area contributed by atoms with Crippen molar-refractivity contribution in [3.05, 3.63) is 53.6 Å². The molecule has 23 heavy (non-hydrogen) atoms. The Kier molecular flexibility index (Phi) is 4.01. The summed E-state index contributed by atoms with van der Waals surface area (Å²) < 4.78 is 35.1. The molecule has 7 heteroatoms. The van der Waals surface area contributed by atoms with E-state index in [1.165, 1.54) is 13.2 Å². The summed E-state index contributed by atoms with van der Waals surface area (Å²) in [4.78, 5) is 12.2. The SMILES string of the molecule is COc1cccc([C@H]2NC(=O)c3ccccc3N2)c1OC(F)F. The largest absolute Gasteiger partial charge is 0.493 e.